The van der Waals surface area contributed by atoms with Gasteiger partial charge in [0.2, 0.25) is 5.91 Å². The van der Waals surface area contributed by atoms with Crippen LogP contribution in [0, 0.1) is 0 Å². The van der Waals surface area contributed by atoms with E-state index in [0.717, 1.165) is 13.0 Å². The van der Waals surface area contributed by atoms with Crippen LogP contribution in [0.5, 0.6) is 0 Å². The molecule has 0 aliphatic heterocycles. The number of amides is 1. The maximum Gasteiger partial charge on any atom is 0.305 e. The van der Waals surface area contributed by atoms with Crippen molar-refractivity contribution in [3.8, 4) is 0 Å². The Balaban J connectivity index is 4.06. The van der Waals surface area contributed by atoms with Gasteiger partial charge in [-0.2, -0.15) is 0 Å². The zero-order chi connectivity index (χ0) is 13.3. The number of rotatable bonds is 9. The minimum absolute atomic E-state index is 0.00479. The molecule has 5 nitrogen and oxygen atoms in total. The predicted molar refractivity (Wildman–Crippen MR) is 66.8 cm³/mol. The molecule has 0 rings (SSSR count). The van der Waals surface area contributed by atoms with Gasteiger partial charge < -0.3 is 15.7 Å². The number of carboxylic acids is 1. The molecule has 2 unspecified atom stereocenters. The van der Waals surface area contributed by atoms with Crippen molar-refractivity contribution in [2.24, 2.45) is 0 Å². The molecule has 0 bridgehead atoms. The Morgan fingerprint density at radius 2 is 1.88 bits per heavy atom. The summed E-state index contributed by atoms with van der Waals surface area (Å²) in [4.78, 5) is 22.3. The fourth-order valence-electron chi connectivity index (χ4n) is 1.77. The second-order valence-electron chi connectivity index (χ2n) is 4.31. The summed E-state index contributed by atoms with van der Waals surface area (Å²) in [5.41, 5.74) is 0. The average Bonchev–Trinajstić information content (AvgIpc) is 2.16. The summed E-state index contributed by atoms with van der Waals surface area (Å²) >= 11 is 0. The van der Waals surface area contributed by atoms with Gasteiger partial charge in [0.05, 0.1) is 6.42 Å². The smallest absolute Gasteiger partial charge is 0.305 e. The molecule has 0 aliphatic carbocycles. The summed E-state index contributed by atoms with van der Waals surface area (Å²) in [6, 6.07) is -0.133. The molecule has 0 aromatic heterocycles. The van der Waals surface area contributed by atoms with E-state index in [1.54, 1.807) is 0 Å². The van der Waals surface area contributed by atoms with Crippen molar-refractivity contribution in [2.45, 2.75) is 58.5 Å². The Morgan fingerprint density at radius 3 is 2.35 bits per heavy atom. The molecule has 3 N–H and O–H groups in total. The number of aliphatic carboxylic acids is 1. The Labute approximate surface area is 103 Å². The van der Waals surface area contributed by atoms with Crippen LogP contribution in [0.25, 0.3) is 0 Å². The highest BCUT2D eigenvalue weighted by molar-refractivity contribution is 5.77. The fraction of sp³-hybridized carbons (Fsp3) is 0.833. The van der Waals surface area contributed by atoms with Crippen LogP contribution in [0.1, 0.15) is 46.5 Å². The van der Waals surface area contributed by atoms with Gasteiger partial charge in [0.1, 0.15) is 0 Å². The summed E-state index contributed by atoms with van der Waals surface area (Å²) in [6.45, 7) is 6.72. The number of carbonyl (C=O) groups is 2. The summed E-state index contributed by atoms with van der Waals surface area (Å²) in [7, 11) is 0. The first kappa shape index (κ1) is 15.9. The fourth-order valence-corrected chi connectivity index (χ4v) is 1.77. The van der Waals surface area contributed by atoms with Crippen LogP contribution in [0.15, 0.2) is 0 Å². The number of hydrogen-bond donors (Lipinski definition) is 3. The highest BCUT2D eigenvalue weighted by Gasteiger charge is 2.16. The third kappa shape index (κ3) is 8.68. The molecule has 17 heavy (non-hydrogen) atoms. The molecular weight excluding hydrogens is 220 g/mol. The van der Waals surface area contributed by atoms with Crippen molar-refractivity contribution in [2.75, 3.05) is 6.54 Å². The van der Waals surface area contributed by atoms with Gasteiger partial charge in [-0.3, -0.25) is 9.59 Å². The largest absolute Gasteiger partial charge is 0.481 e. The summed E-state index contributed by atoms with van der Waals surface area (Å²) < 4.78 is 0. The lowest BCUT2D eigenvalue weighted by molar-refractivity contribution is -0.137. The zero-order valence-corrected chi connectivity index (χ0v) is 11.0. The minimum Gasteiger partial charge on any atom is -0.481 e. The zero-order valence-electron chi connectivity index (χ0n) is 11.0. The van der Waals surface area contributed by atoms with E-state index in [1.165, 1.54) is 0 Å². The first-order valence-electron chi connectivity index (χ1n) is 6.24. The second kappa shape index (κ2) is 8.98. The van der Waals surface area contributed by atoms with E-state index in [2.05, 4.69) is 10.6 Å². The molecule has 0 aromatic carbocycles. The monoisotopic (exact) mass is 244 g/mol. The van der Waals surface area contributed by atoms with Gasteiger partial charge >= 0.3 is 5.97 Å². The van der Waals surface area contributed by atoms with Crippen LogP contribution >= 0.6 is 0 Å². The van der Waals surface area contributed by atoms with Crippen LogP contribution < -0.4 is 10.6 Å². The van der Waals surface area contributed by atoms with E-state index in [0.29, 0.717) is 12.8 Å². The van der Waals surface area contributed by atoms with Gasteiger partial charge in [0, 0.05) is 18.5 Å². The molecule has 0 spiro atoms. The first-order chi connectivity index (χ1) is 7.99. The molecular formula is C12H24N2O3. The maximum absolute atomic E-state index is 11.7. The molecule has 100 valence electrons. The lowest BCUT2D eigenvalue weighted by atomic mass is 10.1. The Hall–Kier alpha value is -1.10. The second-order valence-corrected chi connectivity index (χ2v) is 4.31. The van der Waals surface area contributed by atoms with Crippen LogP contribution in [0.4, 0.5) is 0 Å². The van der Waals surface area contributed by atoms with E-state index >= 15 is 0 Å². The number of nitrogens with one attached hydrogen (secondary N) is 2. The summed E-state index contributed by atoms with van der Waals surface area (Å²) in [5.74, 6) is -0.957. The lowest BCUT2D eigenvalue weighted by Gasteiger charge is -2.18. The van der Waals surface area contributed by atoms with Crippen molar-refractivity contribution < 1.29 is 14.7 Å². The van der Waals surface area contributed by atoms with Crippen LogP contribution in [-0.4, -0.2) is 35.6 Å². The Bertz CT molecular complexity index is 244. The highest BCUT2D eigenvalue weighted by atomic mass is 16.4. The van der Waals surface area contributed by atoms with Gasteiger partial charge in [-0.25, -0.2) is 0 Å². The lowest BCUT2D eigenvalue weighted by Crippen LogP contribution is -2.40. The van der Waals surface area contributed by atoms with Gasteiger partial charge in [0.25, 0.3) is 0 Å². The van der Waals surface area contributed by atoms with Gasteiger partial charge in [0.15, 0.2) is 0 Å². The molecule has 0 fully saturated rings. The number of carboxylic acid groups (broad SMARTS) is 1. The van der Waals surface area contributed by atoms with Crippen LogP contribution in [-0.2, 0) is 9.59 Å². The molecule has 0 aliphatic rings. The molecule has 0 saturated carbocycles. The van der Waals surface area contributed by atoms with Crippen molar-refractivity contribution >= 4 is 11.9 Å². The number of carbonyl (C=O) groups excluding carboxylic acids is 1. The van der Waals surface area contributed by atoms with Crippen molar-refractivity contribution in [1.29, 1.82) is 0 Å². The molecule has 0 aromatic rings. The topological polar surface area (TPSA) is 78.4 Å². The van der Waals surface area contributed by atoms with E-state index < -0.39 is 5.97 Å². The third-order valence-electron chi connectivity index (χ3n) is 2.47. The summed E-state index contributed by atoms with van der Waals surface area (Å²) in [6.07, 6.45) is 1.94. The van der Waals surface area contributed by atoms with Crippen LogP contribution in [0.3, 0.4) is 0 Å². The molecule has 0 saturated heterocycles. The quantitative estimate of drug-likeness (QED) is 0.568. The normalized spacial score (nSPS) is 14.1. The van der Waals surface area contributed by atoms with E-state index in [-0.39, 0.29) is 24.4 Å². The SMILES string of the molecule is CCCC(CC(=O)O)NC(=O)CC(C)NCC. The van der Waals surface area contributed by atoms with Gasteiger partial charge in [-0.05, 0) is 19.9 Å². The summed E-state index contributed by atoms with van der Waals surface area (Å²) in [5, 5.41) is 14.6. The number of hydrogen-bond acceptors (Lipinski definition) is 3. The molecule has 0 radical (unpaired) electrons. The van der Waals surface area contributed by atoms with Gasteiger partial charge in [-0.1, -0.05) is 20.3 Å². The Morgan fingerprint density at radius 1 is 1.24 bits per heavy atom. The third-order valence-corrected chi connectivity index (χ3v) is 2.47. The maximum atomic E-state index is 11.7. The minimum atomic E-state index is -0.872. The molecule has 5 heteroatoms. The predicted octanol–water partition coefficient (Wildman–Crippen LogP) is 1.13. The van der Waals surface area contributed by atoms with E-state index in [4.69, 9.17) is 5.11 Å². The standard InChI is InChI=1S/C12H24N2O3/c1-4-6-10(8-12(16)17)14-11(15)7-9(3)13-5-2/h9-10,13H,4-8H2,1-3H3,(H,14,15)(H,16,17). The highest BCUT2D eigenvalue weighted by Crippen LogP contribution is 2.03. The first-order valence-corrected chi connectivity index (χ1v) is 6.24. The van der Waals surface area contributed by atoms with E-state index in [1.807, 2.05) is 20.8 Å². The van der Waals surface area contributed by atoms with E-state index in [9.17, 15) is 9.59 Å². The molecule has 0 heterocycles. The van der Waals surface area contributed by atoms with Crippen LogP contribution in [0.2, 0.25) is 0 Å². The van der Waals surface area contributed by atoms with Crippen molar-refractivity contribution in [3.63, 3.8) is 0 Å². The molecule has 1 amide bonds. The Kier molecular flexibility index (Phi) is 8.40. The van der Waals surface area contributed by atoms with Gasteiger partial charge in [-0.15, -0.1) is 0 Å². The van der Waals surface area contributed by atoms with Crippen molar-refractivity contribution in [1.82, 2.24) is 10.6 Å². The average molecular weight is 244 g/mol. The van der Waals surface area contributed by atoms with Crippen molar-refractivity contribution in [3.05, 3.63) is 0 Å². The molecule has 2 atom stereocenters.